The molecule has 1 fully saturated rings. The van der Waals surface area contributed by atoms with Crippen LogP contribution in [0.25, 0.3) is 0 Å². The van der Waals surface area contributed by atoms with Gasteiger partial charge in [-0.05, 0) is 50.5 Å². The van der Waals surface area contributed by atoms with Gasteiger partial charge in [0.25, 0.3) is 5.91 Å². The fourth-order valence-electron chi connectivity index (χ4n) is 2.72. The Bertz CT molecular complexity index is 497. The second kappa shape index (κ2) is 6.05. The molecule has 1 aliphatic rings. The number of amides is 1. The van der Waals surface area contributed by atoms with Crippen LogP contribution in [-0.4, -0.2) is 29.4 Å². The zero-order valence-corrected chi connectivity index (χ0v) is 11.9. The number of hydrogen-bond acceptors (Lipinski definition) is 2. The smallest absolute Gasteiger partial charge is 0.334 e. The van der Waals surface area contributed by atoms with Crippen LogP contribution in [0.2, 0.25) is 0 Å². The van der Waals surface area contributed by atoms with Crippen molar-refractivity contribution in [3.8, 4) is 0 Å². The zero-order chi connectivity index (χ0) is 15.6. The van der Waals surface area contributed by atoms with Crippen molar-refractivity contribution < 1.29 is 18.0 Å². The summed E-state index contributed by atoms with van der Waals surface area (Å²) >= 11 is 0. The quantitative estimate of drug-likeness (QED) is 0.912. The highest BCUT2D eigenvalue weighted by Crippen LogP contribution is 2.29. The normalized spacial score (nSPS) is 21.2. The van der Waals surface area contributed by atoms with Gasteiger partial charge >= 0.3 is 6.18 Å². The summed E-state index contributed by atoms with van der Waals surface area (Å²) in [6.07, 6.45) is -1.64. The molecule has 116 valence electrons. The number of nitrogens with zero attached hydrogens (tertiary/aromatic N) is 1. The Morgan fingerprint density at radius 2 is 1.90 bits per heavy atom. The van der Waals surface area contributed by atoms with Gasteiger partial charge in [0, 0.05) is 24.2 Å². The number of piperidine rings is 1. The summed E-state index contributed by atoms with van der Waals surface area (Å²) in [5.74, 6) is -0.245. The highest BCUT2D eigenvalue weighted by Gasteiger charge is 2.32. The number of carbonyl (C=O) groups excluding carboxylic acids is 1. The standard InChI is InChI=1S/C15H19F3N2O/c1-10(19)13-4-2-3-9-20(13)14(21)11-5-7-12(8-6-11)15(16,17)18/h5-8,10,13H,2-4,9,19H2,1H3/t10-,13-/m1/s1. The number of alkyl halides is 3. The lowest BCUT2D eigenvalue weighted by atomic mass is 9.96. The molecule has 0 bridgehead atoms. The Hall–Kier alpha value is -1.56. The van der Waals surface area contributed by atoms with Crippen LogP contribution in [0.4, 0.5) is 13.2 Å². The molecule has 2 N–H and O–H groups in total. The van der Waals surface area contributed by atoms with E-state index in [1.165, 1.54) is 12.1 Å². The Balaban J connectivity index is 2.19. The monoisotopic (exact) mass is 300 g/mol. The SMILES string of the molecule is C[C@@H](N)[C@H]1CCCCN1C(=O)c1ccc(C(F)(F)F)cc1. The average Bonchev–Trinajstić information content (AvgIpc) is 2.45. The van der Waals surface area contributed by atoms with Crippen LogP contribution in [0.3, 0.4) is 0 Å². The molecule has 1 heterocycles. The first-order chi connectivity index (χ1) is 9.80. The molecule has 2 rings (SSSR count). The molecular weight excluding hydrogens is 281 g/mol. The molecule has 0 unspecified atom stereocenters. The highest BCUT2D eigenvalue weighted by molar-refractivity contribution is 5.94. The first-order valence-corrected chi connectivity index (χ1v) is 7.04. The van der Waals surface area contributed by atoms with Crippen molar-refractivity contribution in [1.29, 1.82) is 0 Å². The molecule has 0 saturated carbocycles. The van der Waals surface area contributed by atoms with E-state index in [0.717, 1.165) is 31.4 Å². The predicted octanol–water partition coefficient (Wildman–Crippen LogP) is 3.05. The molecule has 0 aliphatic carbocycles. The molecule has 1 aliphatic heterocycles. The molecule has 2 atom stereocenters. The molecule has 6 heteroatoms. The number of carbonyl (C=O) groups is 1. The number of rotatable bonds is 2. The molecule has 3 nitrogen and oxygen atoms in total. The number of halogens is 3. The van der Waals surface area contributed by atoms with E-state index in [2.05, 4.69) is 0 Å². The van der Waals surface area contributed by atoms with Gasteiger partial charge < -0.3 is 10.6 Å². The molecule has 0 radical (unpaired) electrons. The van der Waals surface area contributed by atoms with Crippen LogP contribution in [0.1, 0.15) is 42.1 Å². The first-order valence-electron chi connectivity index (χ1n) is 7.04. The van der Waals surface area contributed by atoms with Crippen LogP contribution >= 0.6 is 0 Å². The molecule has 0 spiro atoms. The topological polar surface area (TPSA) is 46.3 Å². The van der Waals surface area contributed by atoms with Crippen LogP contribution < -0.4 is 5.73 Å². The third-order valence-electron chi connectivity index (χ3n) is 3.88. The van der Waals surface area contributed by atoms with Gasteiger partial charge in [-0.2, -0.15) is 13.2 Å². The average molecular weight is 300 g/mol. The van der Waals surface area contributed by atoms with E-state index in [0.29, 0.717) is 6.54 Å². The Kier molecular flexibility index (Phi) is 4.56. The predicted molar refractivity (Wildman–Crippen MR) is 73.8 cm³/mol. The van der Waals surface area contributed by atoms with Crippen LogP contribution in [0, 0.1) is 0 Å². The second-order valence-corrected chi connectivity index (χ2v) is 5.50. The van der Waals surface area contributed by atoms with Crippen molar-refractivity contribution in [3.63, 3.8) is 0 Å². The maximum absolute atomic E-state index is 12.5. The lowest BCUT2D eigenvalue weighted by Crippen LogP contribution is -2.51. The summed E-state index contributed by atoms with van der Waals surface area (Å²) in [4.78, 5) is 14.2. The summed E-state index contributed by atoms with van der Waals surface area (Å²) in [5.41, 5.74) is 5.44. The van der Waals surface area contributed by atoms with E-state index >= 15 is 0 Å². The maximum atomic E-state index is 12.5. The van der Waals surface area contributed by atoms with Gasteiger partial charge in [0.2, 0.25) is 0 Å². The first kappa shape index (κ1) is 15.8. The molecule has 1 saturated heterocycles. The highest BCUT2D eigenvalue weighted by atomic mass is 19.4. The van der Waals surface area contributed by atoms with Crippen LogP contribution in [0.15, 0.2) is 24.3 Å². The summed E-state index contributed by atoms with van der Waals surface area (Å²) in [7, 11) is 0. The van der Waals surface area contributed by atoms with E-state index in [1.807, 2.05) is 6.92 Å². The lowest BCUT2D eigenvalue weighted by molar-refractivity contribution is -0.137. The van der Waals surface area contributed by atoms with Crippen LogP contribution in [-0.2, 0) is 6.18 Å². The number of nitrogens with two attached hydrogens (primary N) is 1. The van der Waals surface area contributed by atoms with Gasteiger partial charge in [-0.25, -0.2) is 0 Å². The van der Waals surface area contributed by atoms with Gasteiger partial charge in [-0.1, -0.05) is 0 Å². The third-order valence-corrected chi connectivity index (χ3v) is 3.88. The molecule has 1 aromatic rings. The van der Waals surface area contributed by atoms with E-state index in [-0.39, 0.29) is 23.6 Å². The minimum Gasteiger partial charge on any atom is -0.334 e. The molecule has 1 aromatic carbocycles. The van der Waals surface area contributed by atoms with Crippen molar-refractivity contribution in [2.45, 2.75) is 44.4 Å². The summed E-state index contributed by atoms with van der Waals surface area (Å²) in [6.45, 7) is 2.45. The summed E-state index contributed by atoms with van der Waals surface area (Å²) in [6, 6.07) is 4.16. The zero-order valence-electron chi connectivity index (χ0n) is 11.9. The molecule has 21 heavy (non-hydrogen) atoms. The van der Waals surface area contributed by atoms with Crippen molar-refractivity contribution in [1.82, 2.24) is 4.90 Å². The molecule has 0 aromatic heterocycles. The van der Waals surface area contributed by atoms with E-state index in [4.69, 9.17) is 5.73 Å². The minimum atomic E-state index is -4.39. The van der Waals surface area contributed by atoms with Crippen molar-refractivity contribution in [2.75, 3.05) is 6.54 Å². The minimum absolute atomic E-state index is 0.0476. The number of likely N-dealkylation sites (tertiary alicyclic amines) is 1. The Morgan fingerprint density at radius 3 is 2.43 bits per heavy atom. The van der Waals surface area contributed by atoms with Gasteiger partial charge in [-0.3, -0.25) is 4.79 Å². The fourth-order valence-corrected chi connectivity index (χ4v) is 2.72. The van der Waals surface area contributed by atoms with Crippen LogP contribution in [0.5, 0.6) is 0 Å². The number of benzene rings is 1. The van der Waals surface area contributed by atoms with Gasteiger partial charge in [0.1, 0.15) is 0 Å². The van der Waals surface area contributed by atoms with Crippen molar-refractivity contribution >= 4 is 5.91 Å². The van der Waals surface area contributed by atoms with Gasteiger partial charge in [-0.15, -0.1) is 0 Å². The summed E-state index contributed by atoms with van der Waals surface area (Å²) in [5, 5.41) is 0. The third kappa shape index (κ3) is 3.56. The fraction of sp³-hybridized carbons (Fsp3) is 0.533. The number of hydrogen-bond donors (Lipinski definition) is 1. The van der Waals surface area contributed by atoms with Gasteiger partial charge in [0.15, 0.2) is 0 Å². The van der Waals surface area contributed by atoms with E-state index in [1.54, 1.807) is 4.90 Å². The second-order valence-electron chi connectivity index (χ2n) is 5.50. The molecule has 1 amide bonds. The van der Waals surface area contributed by atoms with E-state index in [9.17, 15) is 18.0 Å². The van der Waals surface area contributed by atoms with E-state index < -0.39 is 11.7 Å². The largest absolute Gasteiger partial charge is 0.416 e. The van der Waals surface area contributed by atoms with Crippen molar-refractivity contribution in [3.05, 3.63) is 35.4 Å². The maximum Gasteiger partial charge on any atom is 0.416 e. The lowest BCUT2D eigenvalue weighted by Gasteiger charge is -2.38. The molecular formula is C15H19F3N2O. The van der Waals surface area contributed by atoms with Gasteiger partial charge in [0.05, 0.1) is 5.56 Å². The Labute approximate surface area is 121 Å². The summed E-state index contributed by atoms with van der Waals surface area (Å²) < 4.78 is 37.6. The van der Waals surface area contributed by atoms with Crippen molar-refractivity contribution in [2.24, 2.45) is 5.73 Å². The Morgan fingerprint density at radius 1 is 1.29 bits per heavy atom.